The van der Waals surface area contributed by atoms with Crippen molar-refractivity contribution in [2.75, 3.05) is 7.11 Å². The van der Waals surface area contributed by atoms with Crippen LogP contribution in [0.4, 0.5) is 0 Å². The van der Waals surface area contributed by atoms with E-state index in [1.165, 1.54) is 0 Å². The van der Waals surface area contributed by atoms with Crippen molar-refractivity contribution in [1.29, 1.82) is 0 Å². The van der Waals surface area contributed by atoms with Crippen LogP contribution in [-0.4, -0.2) is 30.0 Å². The van der Waals surface area contributed by atoms with Gasteiger partial charge in [-0.2, -0.15) is 0 Å². The van der Waals surface area contributed by atoms with Crippen LogP contribution < -0.4 is 10.1 Å². The first-order valence-corrected chi connectivity index (χ1v) is 7.70. The van der Waals surface area contributed by atoms with Crippen molar-refractivity contribution in [2.45, 2.75) is 51.9 Å². The minimum Gasteiger partial charge on any atom is -0.497 e. The molecular weight excluding hydrogens is 264 g/mol. The van der Waals surface area contributed by atoms with Crippen LogP contribution in [0.25, 0.3) is 0 Å². The zero-order chi connectivity index (χ0) is 15.2. The van der Waals surface area contributed by atoms with E-state index < -0.39 is 0 Å². The number of hydrogen-bond donors (Lipinski definition) is 1. The summed E-state index contributed by atoms with van der Waals surface area (Å²) in [7, 11) is 1.67. The van der Waals surface area contributed by atoms with Crippen molar-refractivity contribution < 1.29 is 9.53 Å². The average Bonchev–Trinajstić information content (AvgIpc) is 2.96. The lowest BCUT2D eigenvalue weighted by molar-refractivity contribution is -0.131. The fourth-order valence-corrected chi connectivity index (χ4v) is 3.26. The Kier molecular flexibility index (Phi) is 3.44. The Bertz CT molecular complexity index is 555. The summed E-state index contributed by atoms with van der Waals surface area (Å²) in [6, 6.07) is 8.26. The number of rotatable bonds is 4. The predicted molar refractivity (Wildman–Crippen MR) is 82.0 cm³/mol. The Morgan fingerprint density at radius 2 is 2.14 bits per heavy atom. The molecule has 3 unspecified atom stereocenters. The first-order valence-electron chi connectivity index (χ1n) is 7.70. The third kappa shape index (κ3) is 2.42. The minimum absolute atomic E-state index is 0.0377. The van der Waals surface area contributed by atoms with Crippen molar-refractivity contribution in [3.63, 3.8) is 0 Å². The largest absolute Gasteiger partial charge is 0.497 e. The molecule has 1 saturated carbocycles. The van der Waals surface area contributed by atoms with Crippen LogP contribution in [0.15, 0.2) is 24.3 Å². The highest BCUT2D eigenvalue weighted by Gasteiger charge is 2.56. The third-order valence-electron chi connectivity index (χ3n) is 4.80. The van der Waals surface area contributed by atoms with Crippen LogP contribution in [-0.2, 0) is 4.79 Å². The molecule has 21 heavy (non-hydrogen) atoms. The van der Waals surface area contributed by atoms with Gasteiger partial charge in [0.25, 0.3) is 0 Å². The van der Waals surface area contributed by atoms with Crippen molar-refractivity contribution in [1.82, 2.24) is 10.2 Å². The maximum Gasteiger partial charge on any atom is 0.241 e. The lowest BCUT2D eigenvalue weighted by atomic mass is 10.1. The molecule has 1 N–H and O–H groups in total. The number of nitrogens with zero attached hydrogens (tertiary/aromatic N) is 1. The Morgan fingerprint density at radius 3 is 2.71 bits per heavy atom. The van der Waals surface area contributed by atoms with Gasteiger partial charge in [0.05, 0.1) is 13.2 Å². The lowest BCUT2D eigenvalue weighted by Gasteiger charge is -2.26. The number of hydrogen-bond acceptors (Lipinski definition) is 3. The fraction of sp³-hybridized carbons (Fsp3) is 0.588. The maximum atomic E-state index is 12.7. The van der Waals surface area contributed by atoms with Crippen LogP contribution in [0, 0.1) is 5.41 Å². The van der Waals surface area contributed by atoms with E-state index >= 15 is 0 Å². The van der Waals surface area contributed by atoms with E-state index in [9.17, 15) is 4.79 Å². The summed E-state index contributed by atoms with van der Waals surface area (Å²) in [5.41, 5.74) is 1.33. The molecule has 0 bridgehead atoms. The fourth-order valence-electron chi connectivity index (χ4n) is 3.26. The number of ether oxygens (including phenoxy) is 1. The normalized spacial score (nSPS) is 30.6. The summed E-state index contributed by atoms with van der Waals surface area (Å²) in [5, 5.41) is 3.49. The third-order valence-corrected chi connectivity index (χ3v) is 4.80. The molecular formula is C17H24N2O2. The number of benzene rings is 1. The highest BCUT2D eigenvalue weighted by molar-refractivity contribution is 5.85. The van der Waals surface area contributed by atoms with E-state index in [1.807, 2.05) is 18.2 Å². The zero-order valence-electron chi connectivity index (χ0n) is 13.2. The molecule has 2 aliphatic rings. The van der Waals surface area contributed by atoms with Gasteiger partial charge in [0.2, 0.25) is 5.91 Å². The summed E-state index contributed by atoms with van der Waals surface area (Å²) < 4.78 is 5.32. The van der Waals surface area contributed by atoms with Gasteiger partial charge in [-0.05, 0) is 36.0 Å². The Morgan fingerprint density at radius 1 is 1.43 bits per heavy atom. The molecule has 114 valence electrons. The molecule has 1 heterocycles. The molecule has 1 aromatic rings. The van der Waals surface area contributed by atoms with Crippen molar-refractivity contribution in [3.8, 4) is 5.75 Å². The lowest BCUT2D eigenvalue weighted by Crippen LogP contribution is -2.35. The first kappa shape index (κ1) is 14.4. The summed E-state index contributed by atoms with van der Waals surface area (Å²) in [5.74, 6) is 1.07. The zero-order valence-corrected chi connectivity index (χ0v) is 13.2. The summed E-state index contributed by atoms with van der Waals surface area (Å²) in [6.07, 6.45) is 1.87. The molecule has 3 rings (SSSR count). The van der Waals surface area contributed by atoms with E-state index in [1.54, 1.807) is 7.11 Å². The Hall–Kier alpha value is -1.55. The van der Waals surface area contributed by atoms with Crippen molar-refractivity contribution in [2.24, 2.45) is 5.41 Å². The quantitative estimate of drug-likeness (QED) is 0.926. The number of carbonyl (C=O) groups is 1. The number of methoxy groups -OCH3 is 1. The smallest absolute Gasteiger partial charge is 0.241 e. The van der Waals surface area contributed by atoms with Gasteiger partial charge in [-0.1, -0.05) is 32.9 Å². The molecule has 1 saturated heterocycles. The second kappa shape index (κ2) is 5.02. The van der Waals surface area contributed by atoms with Crippen LogP contribution >= 0.6 is 0 Å². The van der Waals surface area contributed by atoms with Gasteiger partial charge in [-0.3, -0.25) is 10.1 Å². The Balaban J connectivity index is 1.93. The molecule has 0 spiro atoms. The van der Waals surface area contributed by atoms with E-state index in [-0.39, 0.29) is 23.5 Å². The SMILES string of the molecule is CCC1NC(c2cccc(OC)c2)N(C2CC2(C)C)C1=O. The minimum atomic E-state index is -0.0717. The van der Waals surface area contributed by atoms with E-state index in [0.717, 1.165) is 24.2 Å². The van der Waals surface area contributed by atoms with Gasteiger partial charge in [-0.15, -0.1) is 0 Å². The molecule has 0 radical (unpaired) electrons. The monoisotopic (exact) mass is 288 g/mol. The molecule has 3 atom stereocenters. The summed E-state index contributed by atoms with van der Waals surface area (Å²) in [6.45, 7) is 6.51. The second-order valence-electron chi connectivity index (χ2n) is 6.76. The van der Waals surface area contributed by atoms with Crippen LogP contribution in [0.2, 0.25) is 0 Å². The number of nitrogens with one attached hydrogen (secondary N) is 1. The molecule has 1 aliphatic heterocycles. The van der Waals surface area contributed by atoms with Crippen LogP contribution in [0.5, 0.6) is 5.75 Å². The molecule has 1 aromatic carbocycles. The van der Waals surface area contributed by atoms with E-state index in [0.29, 0.717) is 6.04 Å². The second-order valence-corrected chi connectivity index (χ2v) is 6.76. The van der Waals surface area contributed by atoms with Crippen molar-refractivity contribution >= 4 is 5.91 Å². The van der Waals surface area contributed by atoms with Gasteiger partial charge in [0, 0.05) is 6.04 Å². The standard InChI is InChI=1S/C17H24N2O2/c1-5-13-16(20)19(14-10-17(14,2)3)15(18-13)11-7-6-8-12(9-11)21-4/h6-9,13-15,18H,5,10H2,1-4H3. The maximum absolute atomic E-state index is 12.7. The van der Waals surface area contributed by atoms with Gasteiger partial charge in [-0.25, -0.2) is 0 Å². The summed E-state index contributed by atoms with van der Waals surface area (Å²) >= 11 is 0. The number of amides is 1. The Labute approximate surface area is 126 Å². The summed E-state index contributed by atoms with van der Waals surface area (Å²) in [4.78, 5) is 14.7. The first-order chi connectivity index (χ1) is 9.97. The van der Waals surface area contributed by atoms with Crippen molar-refractivity contribution in [3.05, 3.63) is 29.8 Å². The van der Waals surface area contributed by atoms with Crippen LogP contribution in [0.1, 0.15) is 45.3 Å². The molecule has 4 nitrogen and oxygen atoms in total. The topological polar surface area (TPSA) is 41.6 Å². The predicted octanol–water partition coefficient (Wildman–Crippen LogP) is 2.70. The molecule has 0 aromatic heterocycles. The highest BCUT2D eigenvalue weighted by Crippen LogP contribution is 2.52. The molecule has 4 heteroatoms. The van der Waals surface area contributed by atoms with Gasteiger partial charge in [0.15, 0.2) is 0 Å². The van der Waals surface area contributed by atoms with Gasteiger partial charge < -0.3 is 9.64 Å². The molecule has 2 fully saturated rings. The van der Waals surface area contributed by atoms with Gasteiger partial charge >= 0.3 is 0 Å². The van der Waals surface area contributed by atoms with Gasteiger partial charge in [0.1, 0.15) is 11.9 Å². The highest BCUT2D eigenvalue weighted by atomic mass is 16.5. The average molecular weight is 288 g/mol. The molecule has 1 aliphatic carbocycles. The molecule has 1 amide bonds. The number of carbonyl (C=O) groups excluding carboxylic acids is 1. The van der Waals surface area contributed by atoms with Crippen LogP contribution in [0.3, 0.4) is 0 Å². The van der Waals surface area contributed by atoms with E-state index in [2.05, 4.69) is 37.1 Å². The van der Waals surface area contributed by atoms with E-state index in [4.69, 9.17) is 4.74 Å².